The number of pyridine rings is 1. The van der Waals surface area contributed by atoms with Gasteiger partial charge >= 0.3 is 0 Å². The highest BCUT2D eigenvalue weighted by Crippen LogP contribution is 2.26. The van der Waals surface area contributed by atoms with Gasteiger partial charge in [-0.2, -0.15) is 4.39 Å². The Labute approximate surface area is 125 Å². The minimum absolute atomic E-state index is 0.381. The minimum Gasteiger partial charge on any atom is -0.598 e. The van der Waals surface area contributed by atoms with Gasteiger partial charge in [-0.3, -0.25) is 0 Å². The van der Waals surface area contributed by atoms with Crippen molar-refractivity contribution in [2.75, 3.05) is 0 Å². The van der Waals surface area contributed by atoms with Gasteiger partial charge in [0.15, 0.2) is 0 Å². The first-order valence-electron chi connectivity index (χ1n) is 5.85. The number of aromatic nitrogens is 1. The second kappa shape index (κ2) is 6.83. The molecule has 0 saturated carbocycles. The maximum Gasteiger partial charge on any atom is 0.217 e. The van der Waals surface area contributed by atoms with Gasteiger partial charge in [0, 0.05) is 27.6 Å². The quantitative estimate of drug-likeness (QED) is 0.501. The van der Waals surface area contributed by atoms with E-state index in [-0.39, 0.29) is 0 Å². The molecule has 1 unspecified atom stereocenters. The summed E-state index contributed by atoms with van der Waals surface area (Å²) in [5, 5.41) is 0. The zero-order chi connectivity index (χ0) is 14.6. The van der Waals surface area contributed by atoms with Gasteiger partial charge in [-0.05, 0) is 49.2 Å². The average molecular weight is 349 g/mol. The zero-order valence-electron chi connectivity index (χ0n) is 11.2. The molecule has 0 bridgehead atoms. The van der Waals surface area contributed by atoms with Crippen LogP contribution >= 0.6 is 15.9 Å². The SMILES string of the molecule is C=CCC(N[S@+]([O-])C(C)(C)C)c1cc(Br)cnc1F. The minimum atomic E-state index is -1.29. The molecule has 0 saturated heterocycles. The normalized spacial score (nSPS) is 15.1. The molecule has 2 atom stereocenters. The molecule has 0 amide bonds. The molecular formula is C13H18BrFN2OS. The van der Waals surface area contributed by atoms with Crippen molar-refractivity contribution in [2.45, 2.75) is 38.0 Å². The lowest BCUT2D eigenvalue weighted by Gasteiger charge is -2.27. The predicted molar refractivity (Wildman–Crippen MR) is 80.5 cm³/mol. The fourth-order valence-electron chi connectivity index (χ4n) is 1.39. The highest BCUT2D eigenvalue weighted by molar-refractivity contribution is 9.10. The van der Waals surface area contributed by atoms with Crippen LogP contribution in [0.5, 0.6) is 0 Å². The van der Waals surface area contributed by atoms with Gasteiger partial charge in [0.05, 0.1) is 6.04 Å². The number of hydrogen-bond acceptors (Lipinski definition) is 3. The summed E-state index contributed by atoms with van der Waals surface area (Å²) in [5.41, 5.74) is 0.381. The molecule has 6 heteroatoms. The second-order valence-corrected chi connectivity index (χ2v) is 8.02. The van der Waals surface area contributed by atoms with Gasteiger partial charge in [-0.15, -0.1) is 11.3 Å². The van der Waals surface area contributed by atoms with E-state index in [0.717, 1.165) is 0 Å². The monoisotopic (exact) mass is 348 g/mol. The fourth-order valence-corrected chi connectivity index (χ4v) is 2.58. The van der Waals surface area contributed by atoms with Crippen LogP contribution in [0.1, 0.15) is 38.8 Å². The summed E-state index contributed by atoms with van der Waals surface area (Å²) in [6, 6.07) is 1.23. The van der Waals surface area contributed by atoms with Gasteiger partial charge < -0.3 is 4.55 Å². The summed E-state index contributed by atoms with van der Waals surface area (Å²) in [4.78, 5) is 3.66. The van der Waals surface area contributed by atoms with Crippen molar-refractivity contribution in [3.05, 3.63) is 40.9 Å². The maximum absolute atomic E-state index is 13.8. The van der Waals surface area contributed by atoms with Crippen LogP contribution in [0, 0.1) is 5.95 Å². The summed E-state index contributed by atoms with van der Waals surface area (Å²) in [5.74, 6) is -0.562. The Bertz CT molecular complexity index is 451. The van der Waals surface area contributed by atoms with E-state index in [9.17, 15) is 8.94 Å². The van der Waals surface area contributed by atoms with Crippen LogP contribution in [0.2, 0.25) is 0 Å². The number of hydrogen-bond donors (Lipinski definition) is 1. The van der Waals surface area contributed by atoms with Crippen LogP contribution in [0.25, 0.3) is 0 Å². The standard InChI is InChI=1S/C13H18BrFN2OS/c1-5-6-11(17-19(18)13(2,3)4)10-7-9(14)8-16-12(10)15/h5,7-8,11,17H,1,6H2,2-4H3/t11?,19-/m1/s1. The molecule has 0 spiro atoms. The van der Waals surface area contributed by atoms with E-state index in [1.807, 2.05) is 20.8 Å². The molecule has 1 aromatic rings. The van der Waals surface area contributed by atoms with Crippen LogP contribution in [-0.2, 0) is 11.4 Å². The van der Waals surface area contributed by atoms with Crippen molar-refractivity contribution >= 4 is 27.3 Å². The van der Waals surface area contributed by atoms with Gasteiger partial charge in [0.2, 0.25) is 5.95 Å². The second-order valence-electron chi connectivity index (χ2n) is 5.11. The lowest BCUT2D eigenvalue weighted by Crippen LogP contribution is -2.41. The molecule has 1 heterocycles. The molecule has 0 aliphatic carbocycles. The molecular weight excluding hydrogens is 331 g/mol. The molecule has 0 aromatic carbocycles. The summed E-state index contributed by atoms with van der Waals surface area (Å²) in [6.07, 6.45) is 3.53. The summed E-state index contributed by atoms with van der Waals surface area (Å²) in [7, 11) is 0. The van der Waals surface area contributed by atoms with Crippen molar-refractivity contribution < 1.29 is 8.94 Å². The first-order valence-corrected chi connectivity index (χ1v) is 7.80. The number of nitrogens with one attached hydrogen (secondary N) is 1. The molecule has 1 rings (SSSR count). The first kappa shape index (κ1) is 16.6. The Hall–Kier alpha value is -0.430. The Kier molecular flexibility index (Phi) is 5.98. The lowest BCUT2D eigenvalue weighted by atomic mass is 10.1. The van der Waals surface area contributed by atoms with Crippen molar-refractivity contribution in [2.24, 2.45) is 0 Å². The van der Waals surface area contributed by atoms with Crippen LogP contribution in [0.4, 0.5) is 4.39 Å². The average Bonchev–Trinajstić information content (AvgIpc) is 2.30. The Morgan fingerprint density at radius 2 is 2.26 bits per heavy atom. The molecule has 0 fully saturated rings. The molecule has 0 radical (unpaired) electrons. The van der Waals surface area contributed by atoms with E-state index in [0.29, 0.717) is 16.5 Å². The number of nitrogens with zero attached hydrogens (tertiary/aromatic N) is 1. The Morgan fingerprint density at radius 3 is 2.79 bits per heavy atom. The lowest BCUT2D eigenvalue weighted by molar-refractivity contribution is 0.502. The molecule has 0 aliphatic rings. The van der Waals surface area contributed by atoms with Crippen molar-refractivity contribution in [3.63, 3.8) is 0 Å². The molecule has 0 aliphatic heterocycles. The van der Waals surface area contributed by atoms with Crippen LogP contribution < -0.4 is 4.72 Å². The zero-order valence-corrected chi connectivity index (χ0v) is 13.6. The van der Waals surface area contributed by atoms with Gasteiger partial charge in [-0.25, -0.2) is 4.98 Å². The third-order valence-electron chi connectivity index (χ3n) is 2.42. The van der Waals surface area contributed by atoms with Gasteiger partial charge in [0.25, 0.3) is 0 Å². The number of rotatable bonds is 5. The van der Waals surface area contributed by atoms with Crippen LogP contribution in [0.3, 0.4) is 0 Å². The molecule has 1 N–H and O–H groups in total. The fraction of sp³-hybridized carbons (Fsp3) is 0.462. The molecule has 1 aromatic heterocycles. The van der Waals surface area contributed by atoms with Crippen LogP contribution in [-0.4, -0.2) is 14.3 Å². The van der Waals surface area contributed by atoms with E-state index in [2.05, 4.69) is 32.2 Å². The molecule has 106 valence electrons. The first-order chi connectivity index (χ1) is 8.75. The van der Waals surface area contributed by atoms with Crippen molar-refractivity contribution in [1.29, 1.82) is 0 Å². The van der Waals surface area contributed by atoms with Crippen molar-refractivity contribution in [1.82, 2.24) is 9.71 Å². The van der Waals surface area contributed by atoms with Gasteiger partial charge in [-0.1, -0.05) is 6.08 Å². The number of halogens is 2. The van der Waals surface area contributed by atoms with E-state index >= 15 is 0 Å². The predicted octanol–water partition coefficient (Wildman–Crippen LogP) is 3.65. The van der Waals surface area contributed by atoms with Gasteiger partial charge in [0.1, 0.15) is 4.75 Å². The highest BCUT2D eigenvalue weighted by atomic mass is 79.9. The largest absolute Gasteiger partial charge is 0.598 e. The van der Waals surface area contributed by atoms with Crippen LogP contribution in [0.15, 0.2) is 29.4 Å². The Morgan fingerprint density at radius 1 is 1.63 bits per heavy atom. The summed E-state index contributed by atoms with van der Waals surface area (Å²) in [6.45, 7) is 9.23. The summed E-state index contributed by atoms with van der Waals surface area (Å²) < 4.78 is 29.1. The third kappa shape index (κ3) is 4.87. The maximum atomic E-state index is 13.8. The highest BCUT2D eigenvalue weighted by Gasteiger charge is 2.30. The van der Waals surface area contributed by atoms with E-state index in [1.165, 1.54) is 6.20 Å². The molecule has 3 nitrogen and oxygen atoms in total. The summed E-state index contributed by atoms with van der Waals surface area (Å²) >= 11 is 1.97. The van der Waals surface area contributed by atoms with E-state index < -0.39 is 28.1 Å². The Balaban J connectivity index is 3.00. The van der Waals surface area contributed by atoms with E-state index in [1.54, 1.807) is 12.1 Å². The van der Waals surface area contributed by atoms with E-state index in [4.69, 9.17) is 0 Å². The topological polar surface area (TPSA) is 48.0 Å². The molecule has 19 heavy (non-hydrogen) atoms. The smallest absolute Gasteiger partial charge is 0.217 e. The third-order valence-corrected chi connectivity index (χ3v) is 4.46. The van der Waals surface area contributed by atoms with Crippen molar-refractivity contribution in [3.8, 4) is 0 Å².